The maximum atomic E-state index is 2.26. The zero-order valence-corrected chi connectivity index (χ0v) is 6.80. The summed E-state index contributed by atoms with van der Waals surface area (Å²) >= 11 is 0. The average Bonchev–Trinajstić information content (AvgIpc) is 2.06. The first-order valence-electron chi connectivity index (χ1n) is 4.13. The van der Waals surface area contributed by atoms with Crippen LogP contribution in [-0.4, -0.2) is 0 Å². The van der Waals surface area contributed by atoms with Gasteiger partial charge < -0.3 is 0 Å². The van der Waals surface area contributed by atoms with Crippen LogP contribution < -0.4 is 0 Å². The van der Waals surface area contributed by atoms with Crippen molar-refractivity contribution in [3.8, 4) is 0 Å². The first-order chi connectivity index (χ1) is 5.38. The first-order valence-corrected chi connectivity index (χ1v) is 4.13. The Hall–Kier alpha value is -1.04. The number of aryl methyl sites for hydroxylation is 2. The van der Waals surface area contributed by atoms with E-state index in [0.717, 1.165) is 0 Å². The fourth-order valence-electron chi connectivity index (χ4n) is 1.64. The Labute approximate surface area is 74.9 Å². The lowest BCUT2D eigenvalue weighted by atomic mass is 9.94. The van der Waals surface area contributed by atoms with Gasteiger partial charge in [-0.1, -0.05) is 37.8 Å². The predicted molar refractivity (Wildman–Crippen MR) is 55.3 cm³/mol. The fourth-order valence-corrected chi connectivity index (χ4v) is 1.64. The number of benzene rings is 1. The minimum absolute atomic E-state index is 0. The van der Waals surface area contributed by atoms with Gasteiger partial charge in [0, 0.05) is 0 Å². The predicted octanol–water partition coefficient (Wildman–Crippen LogP) is 3.59. The molecule has 0 heterocycles. The number of allylic oxidation sites excluding steroid dienone is 1. The maximum absolute atomic E-state index is 2.26. The van der Waals surface area contributed by atoms with E-state index in [9.17, 15) is 0 Å². The second kappa shape index (κ2) is 3.57. The van der Waals surface area contributed by atoms with Crippen molar-refractivity contribution >= 4 is 6.08 Å². The molecular formula is C12H16. The van der Waals surface area contributed by atoms with Crippen LogP contribution in [0.25, 0.3) is 6.08 Å². The van der Waals surface area contributed by atoms with Crippen LogP contribution in [0.4, 0.5) is 0 Å². The van der Waals surface area contributed by atoms with Gasteiger partial charge in [-0.2, -0.15) is 0 Å². The monoisotopic (exact) mass is 160 g/mol. The first kappa shape index (κ1) is 9.05. The smallest absolute Gasteiger partial charge is 0.0198 e. The summed E-state index contributed by atoms with van der Waals surface area (Å²) in [5.74, 6) is 0. The highest BCUT2D eigenvalue weighted by Gasteiger charge is 2.04. The van der Waals surface area contributed by atoms with Crippen LogP contribution in [0.1, 0.15) is 30.5 Å². The Morgan fingerprint density at radius 1 is 1.25 bits per heavy atom. The molecular weight excluding hydrogens is 144 g/mol. The summed E-state index contributed by atoms with van der Waals surface area (Å²) in [5, 5.41) is 0. The molecule has 0 aliphatic heterocycles. The van der Waals surface area contributed by atoms with Gasteiger partial charge in [0.25, 0.3) is 0 Å². The lowest BCUT2D eigenvalue weighted by Crippen LogP contribution is -1.95. The molecule has 0 spiro atoms. The van der Waals surface area contributed by atoms with Gasteiger partial charge in [-0.15, -0.1) is 0 Å². The van der Waals surface area contributed by atoms with Gasteiger partial charge in [-0.3, -0.25) is 0 Å². The molecule has 2 rings (SSSR count). The molecule has 12 heavy (non-hydrogen) atoms. The van der Waals surface area contributed by atoms with E-state index in [2.05, 4.69) is 37.3 Å². The maximum Gasteiger partial charge on any atom is -0.0198 e. The molecule has 0 fully saturated rings. The number of rotatable bonds is 0. The Kier molecular flexibility index (Phi) is 2.69. The SMILES string of the molecule is C.Cc1cccc2c1C=CCC2. The summed E-state index contributed by atoms with van der Waals surface area (Å²) in [7, 11) is 0. The molecule has 1 aliphatic rings. The van der Waals surface area contributed by atoms with E-state index < -0.39 is 0 Å². The van der Waals surface area contributed by atoms with E-state index in [1.54, 1.807) is 0 Å². The third kappa shape index (κ3) is 1.42. The molecule has 0 heteroatoms. The molecule has 0 radical (unpaired) electrons. The largest absolute Gasteiger partial charge is 0.0836 e. The van der Waals surface area contributed by atoms with E-state index in [4.69, 9.17) is 0 Å². The van der Waals surface area contributed by atoms with Crippen LogP contribution in [0.5, 0.6) is 0 Å². The summed E-state index contributed by atoms with van der Waals surface area (Å²) in [6, 6.07) is 6.55. The minimum atomic E-state index is 0. The number of fused-ring (bicyclic) bond motifs is 1. The molecule has 64 valence electrons. The molecule has 1 aromatic rings. The highest BCUT2D eigenvalue weighted by atomic mass is 14.1. The van der Waals surface area contributed by atoms with Crippen LogP contribution in [-0.2, 0) is 6.42 Å². The second-order valence-corrected chi connectivity index (χ2v) is 3.09. The lowest BCUT2D eigenvalue weighted by Gasteiger charge is -2.11. The van der Waals surface area contributed by atoms with E-state index in [0.29, 0.717) is 0 Å². The van der Waals surface area contributed by atoms with Crippen molar-refractivity contribution in [1.29, 1.82) is 0 Å². The standard InChI is InChI=1S/C11H12.CH4/c1-9-5-4-7-10-6-2-3-8-11(9)10;/h3-5,7-8H,2,6H2,1H3;1H4. The Balaban J connectivity index is 0.000000720. The molecule has 0 atom stereocenters. The molecule has 1 aliphatic carbocycles. The number of hydrogen-bond acceptors (Lipinski definition) is 0. The van der Waals surface area contributed by atoms with Crippen molar-refractivity contribution in [3.63, 3.8) is 0 Å². The quantitative estimate of drug-likeness (QED) is 0.544. The van der Waals surface area contributed by atoms with Crippen molar-refractivity contribution in [2.45, 2.75) is 27.2 Å². The van der Waals surface area contributed by atoms with Crippen LogP contribution in [0.2, 0.25) is 0 Å². The molecule has 0 aromatic heterocycles. The highest BCUT2D eigenvalue weighted by molar-refractivity contribution is 5.59. The Morgan fingerprint density at radius 2 is 2.08 bits per heavy atom. The van der Waals surface area contributed by atoms with E-state index in [1.165, 1.54) is 29.5 Å². The zero-order chi connectivity index (χ0) is 7.68. The topological polar surface area (TPSA) is 0 Å². The molecule has 0 amide bonds. The molecule has 0 saturated heterocycles. The van der Waals surface area contributed by atoms with E-state index >= 15 is 0 Å². The summed E-state index contributed by atoms with van der Waals surface area (Å²) in [4.78, 5) is 0. The van der Waals surface area contributed by atoms with Crippen molar-refractivity contribution in [2.75, 3.05) is 0 Å². The molecule has 0 N–H and O–H groups in total. The van der Waals surface area contributed by atoms with E-state index in [1.807, 2.05) is 0 Å². The van der Waals surface area contributed by atoms with Gasteiger partial charge in [-0.05, 0) is 36.5 Å². The Bertz CT molecular complexity index is 295. The van der Waals surface area contributed by atoms with Gasteiger partial charge in [-0.25, -0.2) is 0 Å². The van der Waals surface area contributed by atoms with Crippen LogP contribution in [0.15, 0.2) is 24.3 Å². The van der Waals surface area contributed by atoms with Crippen LogP contribution >= 0.6 is 0 Å². The van der Waals surface area contributed by atoms with Gasteiger partial charge in [0.15, 0.2) is 0 Å². The fraction of sp³-hybridized carbons (Fsp3) is 0.333. The van der Waals surface area contributed by atoms with Gasteiger partial charge >= 0.3 is 0 Å². The number of hydrogen-bond donors (Lipinski definition) is 0. The average molecular weight is 160 g/mol. The van der Waals surface area contributed by atoms with E-state index in [-0.39, 0.29) is 7.43 Å². The van der Waals surface area contributed by atoms with Gasteiger partial charge in [0.2, 0.25) is 0 Å². The zero-order valence-electron chi connectivity index (χ0n) is 6.80. The molecule has 0 nitrogen and oxygen atoms in total. The van der Waals surface area contributed by atoms with Gasteiger partial charge in [0.05, 0.1) is 0 Å². The summed E-state index contributed by atoms with van der Waals surface area (Å²) < 4.78 is 0. The molecule has 0 bridgehead atoms. The van der Waals surface area contributed by atoms with Crippen LogP contribution in [0.3, 0.4) is 0 Å². The summed E-state index contributed by atoms with van der Waals surface area (Å²) in [6.45, 7) is 2.18. The highest BCUT2D eigenvalue weighted by Crippen LogP contribution is 2.21. The summed E-state index contributed by atoms with van der Waals surface area (Å²) in [5.41, 5.74) is 4.35. The molecule has 0 saturated carbocycles. The minimum Gasteiger partial charge on any atom is -0.0836 e. The second-order valence-electron chi connectivity index (χ2n) is 3.09. The van der Waals surface area contributed by atoms with Crippen molar-refractivity contribution in [1.82, 2.24) is 0 Å². The summed E-state index contributed by atoms with van der Waals surface area (Å²) in [6.07, 6.45) is 6.92. The van der Waals surface area contributed by atoms with Gasteiger partial charge in [0.1, 0.15) is 0 Å². The van der Waals surface area contributed by atoms with Crippen molar-refractivity contribution in [2.24, 2.45) is 0 Å². The Morgan fingerprint density at radius 3 is 2.83 bits per heavy atom. The van der Waals surface area contributed by atoms with Crippen molar-refractivity contribution in [3.05, 3.63) is 41.0 Å². The third-order valence-corrected chi connectivity index (χ3v) is 2.28. The molecule has 1 aromatic carbocycles. The normalized spacial score (nSPS) is 13.4. The lowest BCUT2D eigenvalue weighted by molar-refractivity contribution is 0.981. The third-order valence-electron chi connectivity index (χ3n) is 2.28. The van der Waals surface area contributed by atoms with Crippen LogP contribution in [0, 0.1) is 6.92 Å². The molecule has 0 unspecified atom stereocenters. The van der Waals surface area contributed by atoms with Crippen molar-refractivity contribution < 1.29 is 0 Å².